The van der Waals surface area contributed by atoms with E-state index in [1.807, 2.05) is 19.9 Å². The molecule has 0 saturated heterocycles. The largest absolute Gasteiger partial charge is 0.382 e. The SMILES string of the molecule is CCOC(CC)c1ncc(C#N)c(N)n1. The van der Waals surface area contributed by atoms with E-state index in [-0.39, 0.29) is 11.9 Å². The number of aromatic nitrogens is 2. The van der Waals surface area contributed by atoms with Crippen LogP contribution in [0.15, 0.2) is 6.20 Å². The number of nitrogens with two attached hydrogens (primary N) is 1. The number of hydrogen-bond acceptors (Lipinski definition) is 5. The van der Waals surface area contributed by atoms with Gasteiger partial charge in [0.1, 0.15) is 23.6 Å². The quantitative estimate of drug-likeness (QED) is 0.805. The van der Waals surface area contributed by atoms with Gasteiger partial charge in [0, 0.05) is 6.61 Å². The summed E-state index contributed by atoms with van der Waals surface area (Å²) in [6, 6.07) is 1.92. The Hall–Kier alpha value is -1.67. The van der Waals surface area contributed by atoms with Crippen molar-refractivity contribution >= 4 is 5.82 Å². The minimum atomic E-state index is -0.148. The Bertz CT molecular complexity index is 372. The van der Waals surface area contributed by atoms with Crippen LogP contribution in [0.4, 0.5) is 5.82 Å². The molecule has 0 fully saturated rings. The highest BCUT2D eigenvalue weighted by molar-refractivity contribution is 5.46. The van der Waals surface area contributed by atoms with Gasteiger partial charge >= 0.3 is 0 Å². The summed E-state index contributed by atoms with van der Waals surface area (Å²) in [6.45, 7) is 4.50. The Morgan fingerprint density at radius 3 is 2.80 bits per heavy atom. The first-order valence-electron chi connectivity index (χ1n) is 4.87. The van der Waals surface area contributed by atoms with Crippen molar-refractivity contribution in [3.63, 3.8) is 0 Å². The lowest BCUT2D eigenvalue weighted by Crippen LogP contribution is -2.10. The Kier molecular flexibility index (Phi) is 4.01. The lowest BCUT2D eigenvalue weighted by Gasteiger charge is -2.13. The van der Waals surface area contributed by atoms with E-state index >= 15 is 0 Å². The predicted molar refractivity (Wildman–Crippen MR) is 55.8 cm³/mol. The zero-order valence-electron chi connectivity index (χ0n) is 8.90. The molecule has 0 spiro atoms. The van der Waals surface area contributed by atoms with Crippen LogP contribution < -0.4 is 5.73 Å². The highest BCUT2D eigenvalue weighted by Gasteiger charge is 2.13. The maximum atomic E-state index is 8.67. The van der Waals surface area contributed by atoms with Gasteiger partial charge in [-0.15, -0.1) is 0 Å². The van der Waals surface area contributed by atoms with Gasteiger partial charge in [0.2, 0.25) is 0 Å². The van der Waals surface area contributed by atoms with Crippen LogP contribution in [0.5, 0.6) is 0 Å². The second-order valence-corrected chi connectivity index (χ2v) is 2.99. The van der Waals surface area contributed by atoms with Crippen molar-refractivity contribution < 1.29 is 4.74 Å². The van der Waals surface area contributed by atoms with Gasteiger partial charge in [-0.1, -0.05) is 6.92 Å². The molecule has 1 unspecified atom stereocenters. The normalized spacial score (nSPS) is 12.1. The zero-order chi connectivity index (χ0) is 11.3. The van der Waals surface area contributed by atoms with E-state index in [9.17, 15) is 0 Å². The van der Waals surface area contributed by atoms with Gasteiger partial charge < -0.3 is 10.5 Å². The van der Waals surface area contributed by atoms with Crippen molar-refractivity contribution in [2.24, 2.45) is 0 Å². The van der Waals surface area contributed by atoms with E-state index < -0.39 is 0 Å². The number of rotatable bonds is 4. The van der Waals surface area contributed by atoms with E-state index in [2.05, 4.69) is 9.97 Å². The van der Waals surface area contributed by atoms with E-state index in [0.717, 1.165) is 6.42 Å². The van der Waals surface area contributed by atoms with E-state index in [1.165, 1.54) is 6.20 Å². The van der Waals surface area contributed by atoms with Crippen molar-refractivity contribution in [2.45, 2.75) is 26.4 Å². The molecule has 1 atom stereocenters. The third-order valence-electron chi connectivity index (χ3n) is 1.98. The van der Waals surface area contributed by atoms with Gasteiger partial charge in [-0.2, -0.15) is 5.26 Å². The van der Waals surface area contributed by atoms with Crippen LogP contribution in [0, 0.1) is 11.3 Å². The average molecular weight is 206 g/mol. The first-order valence-corrected chi connectivity index (χ1v) is 4.87. The van der Waals surface area contributed by atoms with Crippen LogP contribution in [0.3, 0.4) is 0 Å². The van der Waals surface area contributed by atoms with Crippen molar-refractivity contribution in [2.75, 3.05) is 12.3 Å². The molecule has 0 aliphatic carbocycles. The second kappa shape index (κ2) is 5.27. The molecule has 0 aliphatic rings. The van der Waals surface area contributed by atoms with Gasteiger partial charge in [0.25, 0.3) is 0 Å². The molecule has 1 heterocycles. The van der Waals surface area contributed by atoms with E-state index in [0.29, 0.717) is 18.0 Å². The summed E-state index contributed by atoms with van der Waals surface area (Å²) in [4.78, 5) is 8.11. The number of ether oxygens (including phenoxy) is 1. The third-order valence-corrected chi connectivity index (χ3v) is 1.98. The van der Waals surface area contributed by atoms with Crippen LogP contribution in [-0.2, 0) is 4.74 Å². The fourth-order valence-corrected chi connectivity index (χ4v) is 1.23. The third kappa shape index (κ3) is 2.64. The smallest absolute Gasteiger partial charge is 0.159 e. The number of nitrogens with zero attached hydrogens (tertiary/aromatic N) is 3. The van der Waals surface area contributed by atoms with Gasteiger partial charge in [-0.05, 0) is 13.3 Å². The lowest BCUT2D eigenvalue weighted by atomic mass is 10.2. The Labute approximate surface area is 88.9 Å². The van der Waals surface area contributed by atoms with Crippen molar-refractivity contribution in [3.05, 3.63) is 17.6 Å². The molecule has 0 amide bonds. The Balaban J connectivity index is 2.95. The summed E-state index contributed by atoms with van der Waals surface area (Å²) in [5.41, 5.74) is 5.89. The summed E-state index contributed by atoms with van der Waals surface area (Å²) in [5, 5.41) is 8.67. The molecule has 15 heavy (non-hydrogen) atoms. The Morgan fingerprint density at radius 1 is 1.60 bits per heavy atom. The molecule has 0 aliphatic heterocycles. The summed E-state index contributed by atoms with van der Waals surface area (Å²) in [6.07, 6.45) is 2.06. The molecule has 1 rings (SSSR count). The summed E-state index contributed by atoms with van der Waals surface area (Å²) in [5.74, 6) is 0.747. The van der Waals surface area contributed by atoms with Crippen LogP contribution >= 0.6 is 0 Å². The fraction of sp³-hybridized carbons (Fsp3) is 0.500. The maximum Gasteiger partial charge on any atom is 0.159 e. The molecular formula is C10H14N4O. The van der Waals surface area contributed by atoms with Gasteiger partial charge in [0.15, 0.2) is 5.82 Å². The minimum Gasteiger partial charge on any atom is -0.382 e. The van der Waals surface area contributed by atoms with E-state index in [1.54, 1.807) is 0 Å². The predicted octanol–water partition coefficient (Wildman–Crippen LogP) is 1.42. The van der Waals surface area contributed by atoms with Crippen molar-refractivity contribution in [1.29, 1.82) is 5.26 Å². The van der Waals surface area contributed by atoms with Crippen molar-refractivity contribution in [1.82, 2.24) is 9.97 Å². The molecule has 1 aromatic rings. The summed E-state index contributed by atoms with van der Waals surface area (Å²) < 4.78 is 5.44. The number of nitriles is 1. The number of hydrogen-bond donors (Lipinski definition) is 1. The first kappa shape index (κ1) is 11.4. The highest BCUT2D eigenvalue weighted by Crippen LogP contribution is 2.18. The average Bonchev–Trinajstić information content (AvgIpc) is 2.25. The standard InChI is InChI=1S/C10H14N4O/c1-3-8(15-4-2)10-13-6-7(5-11)9(12)14-10/h6,8H,3-4H2,1-2H3,(H2,12,13,14). The van der Waals surface area contributed by atoms with Gasteiger partial charge in [0.05, 0.1) is 6.20 Å². The van der Waals surface area contributed by atoms with Gasteiger partial charge in [-0.3, -0.25) is 0 Å². The lowest BCUT2D eigenvalue weighted by molar-refractivity contribution is 0.0536. The monoisotopic (exact) mass is 206 g/mol. The molecular weight excluding hydrogens is 192 g/mol. The van der Waals surface area contributed by atoms with Crippen LogP contribution in [0.2, 0.25) is 0 Å². The van der Waals surface area contributed by atoms with Gasteiger partial charge in [-0.25, -0.2) is 9.97 Å². The van der Waals surface area contributed by atoms with E-state index in [4.69, 9.17) is 15.7 Å². The molecule has 0 bridgehead atoms. The maximum absolute atomic E-state index is 8.67. The summed E-state index contributed by atoms with van der Waals surface area (Å²) in [7, 11) is 0. The molecule has 0 aromatic carbocycles. The molecule has 2 N–H and O–H groups in total. The van der Waals surface area contributed by atoms with Crippen LogP contribution in [0.25, 0.3) is 0 Å². The molecule has 5 nitrogen and oxygen atoms in total. The highest BCUT2D eigenvalue weighted by atomic mass is 16.5. The van der Waals surface area contributed by atoms with Crippen LogP contribution in [-0.4, -0.2) is 16.6 Å². The summed E-state index contributed by atoms with van der Waals surface area (Å²) >= 11 is 0. The number of anilines is 1. The molecule has 80 valence electrons. The first-order chi connectivity index (χ1) is 7.22. The molecule has 5 heteroatoms. The molecule has 1 aromatic heterocycles. The Morgan fingerprint density at radius 2 is 2.33 bits per heavy atom. The fourth-order valence-electron chi connectivity index (χ4n) is 1.23. The number of nitrogen functional groups attached to an aromatic ring is 1. The van der Waals surface area contributed by atoms with Crippen molar-refractivity contribution in [3.8, 4) is 6.07 Å². The van der Waals surface area contributed by atoms with Crippen LogP contribution in [0.1, 0.15) is 37.8 Å². The molecule has 0 radical (unpaired) electrons. The topological polar surface area (TPSA) is 84.8 Å². The second-order valence-electron chi connectivity index (χ2n) is 2.99. The molecule has 0 saturated carbocycles. The zero-order valence-corrected chi connectivity index (χ0v) is 8.90. The minimum absolute atomic E-state index is 0.148.